The Labute approximate surface area is 105 Å². The quantitative estimate of drug-likeness (QED) is 0.881. The molecule has 2 heterocycles. The first-order chi connectivity index (χ1) is 8.19. The Morgan fingerprint density at radius 3 is 3.00 bits per heavy atom. The topological polar surface area (TPSA) is 69.6 Å². The summed E-state index contributed by atoms with van der Waals surface area (Å²) in [6.07, 6.45) is 5.81. The zero-order chi connectivity index (χ0) is 12.3. The molecule has 1 atom stereocenters. The van der Waals surface area contributed by atoms with E-state index in [0.717, 1.165) is 30.1 Å². The van der Waals surface area contributed by atoms with E-state index in [1.807, 2.05) is 24.0 Å². The van der Waals surface area contributed by atoms with Crippen LogP contribution in [0.15, 0.2) is 12.4 Å². The van der Waals surface area contributed by atoms with Crippen molar-refractivity contribution in [3.8, 4) is 0 Å². The lowest BCUT2D eigenvalue weighted by molar-refractivity contribution is 0.617. The number of aryl methyl sites for hydroxylation is 1. The highest BCUT2D eigenvalue weighted by atomic mass is 32.1. The van der Waals surface area contributed by atoms with Crippen LogP contribution in [0, 0.1) is 6.92 Å². The molecule has 0 spiro atoms. The highest BCUT2D eigenvalue weighted by molar-refractivity contribution is 7.11. The summed E-state index contributed by atoms with van der Waals surface area (Å²) in [6.45, 7) is 4.83. The second-order valence-electron chi connectivity index (χ2n) is 4.08. The van der Waals surface area contributed by atoms with Crippen molar-refractivity contribution < 1.29 is 0 Å². The van der Waals surface area contributed by atoms with Gasteiger partial charge < -0.3 is 5.73 Å². The summed E-state index contributed by atoms with van der Waals surface area (Å²) >= 11 is 1.68. The van der Waals surface area contributed by atoms with E-state index in [1.54, 1.807) is 11.3 Å². The molecule has 0 amide bonds. The van der Waals surface area contributed by atoms with Crippen LogP contribution < -0.4 is 5.73 Å². The number of rotatable bonds is 5. The van der Waals surface area contributed by atoms with Crippen molar-refractivity contribution in [1.82, 2.24) is 20.0 Å². The van der Waals surface area contributed by atoms with Gasteiger partial charge in [0.25, 0.3) is 0 Å². The molecular weight excluding hydrogens is 234 g/mol. The monoisotopic (exact) mass is 251 g/mol. The molecular formula is C11H17N5S. The molecule has 0 saturated carbocycles. The fourth-order valence-electron chi connectivity index (χ4n) is 1.66. The maximum atomic E-state index is 5.99. The molecule has 0 aliphatic rings. The first kappa shape index (κ1) is 12.2. The molecule has 92 valence electrons. The smallest absolute Gasteiger partial charge is 0.0994 e. The predicted molar refractivity (Wildman–Crippen MR) is 67.8 cm³/mol. The summed E-state index contributed by atoms with van der Waals surface area (Å²) in [4.78, 5) is 5.40. The van der Waals surface area contributed by atoms with Gasteiger partial charge in [-0.2, -0.15) is 0 Å². The lowest BCUT2D eigenvalue weighted by Gasteiger charge is -2.04. The molecule has 0 aromatic carbocycles. The van der Waals surface area contributed by atoms with E-state index in [-0.39, 0.29) is 6.04 Å². The average Bonchev–Trinajstić information content (AvgIpc) is 2.89. The number of thiazole rings is 1. The molecule has 0 bridgehead atoms. The normalized spacial score (nSPS) is 12.9. The van der Waals surface area contributed by atoms with Crippen molar-refractivity contribution in [3.05, 3.63) is 28.0 Å². The number of nitrogens with two attached hydrogens (primary N) is 1. The Kier molecular flexibility index (Phi) is 3.86. The third-order valence-electron chi connectivity index (χ3n) is 2.52. The second kappa shape index (κ2) is 5.37. The van der Waals surface area contributed by atoms with Gasteiger partial charge in [-0.05, 0) is 13.3 Å². The van der Waals surface area contributed by atoms with E-state index in [1.165, 1.54) is 4.88 Å². The standard InChI is InChI=1S/C11H17N5S/c1-3-4-10(12)11-7-16(15-14-11)6-9-5-13-8(2)17-9/h5,7,10H,3-4,6,12H2,1-2H3. The van der Waals surface area contributed by atoms with Gasteiger partial charge in [-0.25, -0.2) is 9.67 Å². The molecule has 2 rings (SSSR count). The second-order valence-corrected chi connectivity index (χ2v) is 5.40. The molecule has 6 heteroatoms. The molecule has 2 N–H and O–H groups in total. The molecule has 2 aromatic heterocycles. The van der Waals surface area contributed by atoms with Crippen LogP contribution in [0.3, 0.4) is 0 Å². The fourth-order valence-corrected chi connectivity index (χ4v) is 2.44. The van der Waals surface area contributed by atoms with E-state index >= 15 is 0 Å². The maximum absolute atomic E-state index is 5.99. The molecule has 17 heavy (non-hydrogen) atoms. The molecule has 0 saturated heterocycles. The SMILES string of the molecule is CCCC(N)c1cn(Cc2cnc(C)s2)nn1. The van der Waals surface area contributed by atoms with Crippen LogP contribution in [0.1, 0.15) is 41.4 Å². The van der Waals surface area contributed by atoms with Gasteiger partial charge in [-0.1, -0.05) is 18.6 Å². The van der Waals surface area contributed by atoms with Crippen molar-refractivity contribution in [2.75, 3.05) is 0 Å². The van der Waals surface area contributed by atoms with Crippen LogP contribution in [0.4, 0.5) is 0 Å². The minimum Gasteiger partial charge on any atom is -0.323 e. The minimum atomic E-state index is -0.00283. The third kappa shape index (κ3) is 3.10. The molecule has 2 aromatic rings. The summed E-state index contributed by atoms with van der Waals surface area (Å²) in [5.74, 6) is 0. The van der Waals surface area contributed by atoms with Crippen molar-refractivity contribution in [1.29, 1.82) is 0 Å². The lowest BCUT2D eigenvalue weighted by Crippen LogP contribution is -2.10. The highest BCUT2D eigenvalue weighted by Gasteiger charge is 2.10. The van der Waals surface area contributed by atoms with Crippen molar-refractivity contribution >= 4 is 11.3 Å². The molecule has 5 nitrogen and oxygen atoms in total. The summed E-state index contributed by atoms with van der Waals surface area (Å²) in [7, 11) is 0. The first-order valence-corrected chi connectivity index (χ1v) is 6.57. The summed E-state index contributed by atoms with van der Waals surface area (Å²) in [5, 5.41) is 9.27. The first-order valence-electron chi connectivity index (χ1n) is 5.76. The Hall–Kier alpha value is -1.27. The Morgan fingerprint density at radius 2 is 2.35 bits per heavy atom. The fraction of sp³-hybridized carbons (Fsp3) is 0.545. The number of hydrogen-bond donors (Lipinski definition) is 1. The van der Waals surface area contributed by atoms with Gasteiger partial charge in [-0.3, -0.25) is 0 Å². The lowest BCUT2D eigenvalue weighted by atomic mass is 10.1. The van der Waals surface area contributed by atoms with Gasteiger partial charge in [0.15, 0.2) is 0 Å². The zero-order valence-electron chi connectivity index (χ0n) is 10.1. The summed E-state index contributed by atoms with van der Waals surface area (Å²) < 4.78 is 1.82. The van der Waals surface area contributed by atoms with Gasteiger partial charge in [0.05, 0.1) is 29.5 Å². The Bertz CT molecular complexity index is 476. The van der Waals surface area contributed by atoms with E-state index in [2.05, 4.69) is 22.2 Å². The van der Waals surface area contributed by atoms with Crippen molar-refractivity contribution in [3.63, 3.8) is 0 Å². The maximum Gasteiger partial charge on any atom is 0.0994 e. The van der Waals surface area contributed by atoms with E-state index in [4.69, 9.17) is 5.73 Å². The Balaban J connectivity index is 2.03. The highest BCUT2D eigenvalue weighted by Crippen LogP contribution is 2.15. The van der Waals surface area contributed by atoms with Crippen LogP contribution in [-0.2, 0) is 6.54 Å². The van der Waals surface area contributed by atoms with Gasteiger partial charge >= 0.3 is 0 Å². The number of aromatic nitrogens is 4. The van der Waals surface area contributed by atoms with Crippen LogP contribution in [0.5, 0.6) is 0 Å². The van der Waals surface area contributed by atoms with Crippen LogP contribution >= 0.6 is 11.3 Å². The Morgan fingerprint density at radius 1 is 1.53 bits per heavy atom. The molecule has 0 aliphatic carbocycles. The molecule has 0 aliphatic heterocycles. The summed E-state index contributed by atoms with van der Waals surface area (Å²) in [6, 6.07) is -0.00283. The minimum absolute atomic E-state index is 0.00283. The molecule has 0 fully saturated rings. The zero-order valence-corrected chi connectivity index (χ0v) is 10.9. The predicted octanol–water partition coefficient (Wildman–Crippen LogP) is 1.89. The van der Waals surface area contributed by atoms with Gasteiger partial charge in [0.2, 0.25) is 0 Å². The van der Waals surface area contributed by atoms with Crippen LogP contribution in [0.25, 0.3) is 0 Å². The largest absolute Gasteiger partial charge is 0.323 e. The van der Waals surface area contributed by atoms with Gasteiger partial charge in [0, 0.05) is 11.1 Å². The van der Waals surface area contributed by atoms with Gasteiger partial charge in [-0.15, -0.1) is 16.4 Å². The number of hydrogen-bond acceptors (Lipinski definition) is 5. The third-order valence-corrected chi connectivity index (χ3v) is 3.42. The average molecular weight is 251 g/mol. The molecule has 1 unspecified atom stereocenters. The van der Waals surface area contributed by atoms with E-state index < -0.39 is 0 Å². The van der Waals surface area contributed by atoms with E-state index in [0.29, 0.717) is 0 Å². The van der Waals surface area contributed by atoms with Crippen LogP contribution in [0.2, 0.25) is 0 Å². The van der Waals surface area contributed by atoms with Gasteiger partial charge in [0.1, 0.15) is 0 Å². The summed E-state index contributed by atoms with van der Waals surface area (Å²) in [5.41, 5.74) is 6.86. The van der Waals surface area contributed by atoms with E-state index in [9.17, 15) is 0 Å². The van der Waals surface area contributed by atoms with Crippen LogP contribution in [-0.4, -0.2) is 20.0 Å². The van der Waals surface area contributed by atoms with Crippen molar-refractivity contribution in [2.45, 2.75) is 39.3 Å². The molecule has 0 radical (unpaired) electrons. The number of nitrogens with zero attached hydrogens (tertiary/aromatic N) is 4. The van der Waals surface area contributed by atoms with Crippen molar-refractivity contribution in [2.24, 2.45) is 5.73 Å².